The lowest BCUT2D eigenvalue weighted by atomic mass is 10.0. The Hall–Kier alpha value is -3.22. The molecule has 0 atom stereocenters. The Morgan fingerprint density at radius 1 is 1.24 bits per heavy atom. The maximum absolute atomic E-state index is 12.6. The Morgan fingerprint density at radius 3 is 2.84 bits per heavy atom. The lowest BCUT2D eigenvalue weighted by Crippen LogP contribution is -2.36. The highest BCUT2D eigenvalue weighted by Gasteiger charge is 2.25. The first-order valence-corrected chi connectivity index (χ1v) is 8.17. The number of nitrogens with zero attached hydrogens (tertiary/aromatic N) is 4. The second kappa shape index (κ2) is 6.35. The van der Waals surface area contributed by atoms with Crippen LogP contribution < -0.4 is 5.32 Å². The molecular formula is C18H18N6O. The van der Waals surface area contributed by atoms with Crippen LogP contribution in [0.25, 0.3) is 0 Å². The van der Waals surface area contributed by atoms with E-state index >= 15 is 0 Å². The number of anilines is 2. The van der Waals surface area contributed by atoms with E-state index in [1.54, 1.807) is 0 Å². The number of nitrogens with one attached hydrogen (secondary N) is 2. The average Bonchev–Trinajstić information content (AvgIpc) is 3.06. The number of hydrogen-bond acceptors (Lipinski definition) is 5. The quantitative estimate of drug-likeness (QED) is 0.768. The number of amides is 1. The number of aryl methyl sites for hydroxylation is 1. The van der Waals surface area contributed by atoms with Gasteiger partial charge in [-0.1, -0.05) is 18.2 Å². The van der Waals surface area contributed by atoms with Crippen LogP contribution >= 0.6 is 0 Å². The highest BCUT2D eigenvalue weighted by Crippen LogP contribution is 2.25. The lowest BCUT2D eigenvalue weighted by Gasteiger charge is -2.29. The Labute approximate surface area is 145 Å². The largest absolute Gasteiger partial charge is 0.332 e. The van der Waals surface area contributed by atoms with Crippen LogP contribution in [-0.2, 0) is 13.0 Å². The molecule has 2 N–H and O–H groups in total. The predicted molar refractivity (Wildman–Crippen MR) is 93.5 cm³/mol. The molecule has 0 aliphatic carbocycles. The Bertz CT molecular complexity index is 905. The van der Waals surface area contributed by atoms with Crippen molar-refractivity contribution in [2.75, 3.05) is 11.9 Å². The number of aromatic nitrogens is 4. The molecule has 7 heteroatoms. The van der Waals surface area contributed by atoms with Crippen molar-refractivity contribution in [3.05, 3.63) is 65.2 Å². The van der Waals surface area contributed by atoms with Crippen LogP contribution in [0.2, 0.25) is 0 Å². The van der Waals surface area contributed by atoms with Gasteiger partial charge < -0.3 is 10.2 Å². The predicted octanol–water partition coefficient (Wildman–Crippen LogP) is 2.45. The summed E-state index contributed by atoms with van der Waals surface area (Å²) in [5.41, 5.74) is 3.59. The topological polar surface area (TPSA) is 86.8 Å². The van der Waals surface area contributed by atoms with Crippen LogP contribution in [-0.4, -0.2) is 37.5 Å². The molecule has 0 fully saturated rings. The van der Waals surface area contributed by atoms with E-state index in [0.717, 1.165) is 28.6 Å². The number of fused-ring (bicyclic) bond motifs is 1. The summed E-state index contributed by atoms with van der Waals surface area (Å²) in [4.78, 5) is 23.2. The minimum atomic E-state index is 0.0299. The zero-order chi connectivity index (χ0) is 17.2. The molecule has 126 valence electrons. The molecule has 0 bridgehead atoms. The van der Waals surface area contributed by atoms with Crippen molar-refractivity contribution in [2.24, 2.45) is 0 Å². The molecule has 3 aromatic rings. The number of H-pyrrole nitrogens is 1. The van der Waals surface area contributed by atoms with Gasteiger partial charge in [0.2, 0.25) is 0 Å². The lowest BCUT2D eigenvalue weighted by molar-refractivity contribution is 0.0732. The summed E-state index contributed by atoms with van der Waals surface area (Å²) in [7, 11) is 0. The van der Waals surface area contributed by atoms with Crippen LogP contribution in [0.1, 0.15) is 27.3 Å². The molecule has 0 radical (unpaired) electrons. The summed E-state index contributed by atoms with van der Waals surface area (Å²) in [5, 5.41) is 10.3. The first-order chi connectivity index (χ1) is 12.2. The van der Waals surface area contributed by atoms with Gasteiger partial charge in [0.05, 0.1) is 12.2 Å². The first kappa shape index (κ1) is 15.3. The van der Waals surface area contributed by atoms with Crippen LogP contribution in [0.15, 0.2) is 42.7 Å². The van der Waals surface area contributed by atoms with Crippen LogP contribution in [0.5, 0.6) is 0 Å². The Kier molecular flexibility index (Phi) is 3.89. The Balaban J connectivity index is 1.56. The zero-order valence-corrected chi connectivity index (χ0v) is 13.9. The van der Waals surface area contributed by atoms with Crippen LogP contribution in [0, 0.1) is 6.92 Å². The smallest absolute Gasteiger partial charge is 0.254 e. The first-order valence-electron chi connectivity index (χ1n) is 8.17. The van der Waals surface area contributed by atoms with E-state index in [4.69, 9.17) is 0 Å². The van der Waals surface area contributed by atoms with E-state index in [2.05, 4.69) is 25.5 Å². The van der Waals surface area contributed by atoms with Gasteiger partial charge in [0.1, 0.15) is 12.1 Å². The molecule has 1 amide bonds. The standard InChI is InChI=1S/C18H18N6O/c1-12-9-16(23-22-12)21-17-14-7-8-24(10-15(14)19-11-20-17)18(25)13-5-3-2-4-6-13/h2-6,9,11H,7-8,10H2,1H3,(H2,19,20,21,22,23). The molecule has 25 heavy (non-hydrogen) atoms. The van der Waals surface area contributed by atoms with Gasteiger partial charge in [0.25, 0.3) is 5.91 Å². The molecule has 0 spiro atoms. The van der Waals surface area contributed by atoms with E-state index < -0.39 is 0 Å². The summed E-state index contributed by atoms with van der Waals surface area (Å²) < 4.78 is 0. The van der Waals surface area contributed by atoms with Crippen molar-refractivity contribution < 1.29 is 4.79 Å². The number of rotatable bonds is 3. The maximum Gasteiger partial charge on any atom is 0.254 e. The Morgan fingerprint density at radius 2 is 2.08 bits per heavy atom. The minimum absolute atomic E-state index is 0.0299. The highest BCUT2D eigenvalue weighted by molar-refractivity contribution is 5.94. The highest BCUT2D eigenvalue weighted by atomic mass is 16.2. The van der Waals surface area contributed by atoms with Gasteiger partial charge >= 0.3 is 0 Å². The number of benzene rings is 1. The van der Waals surface area contributed by atoms with Crippen LogP contribution in [0.4, 0.5) is 11.6 Å². The molecular weight excluding hydrogens is 316 g/mol. The summed E-state index contributed by atoms with van der Waals surface area (Å²) >= 11 is 0. The summed E-state index contributed by atoms with van der Waals surface area (Å²) in [6, 6.07) is 11.3. The van der Waals surface area contributed by atoms with E-state index in [-0.39, 0.29) is 5.91 Å². The van der Waals surface area contributed by atoms with Gasteiger partial charge in [-0.15, -0.1) is 0 Å². The SMILES string of the molecule is Cc1cc(Nc2ncnc3c2CCN(C(=O)c2ccccc2)C3)n[nH]1. The normalized spacial score (nSPS) is 13.4. The molecule has 0 unspecified atom stereocenters. The third-order valence-electron chi connectivity index (χ3n) is 4.27. The molecule has 1 aliphatic heterocycles. The molecule has 1 aromatic carbocycles. The van der Waals surface area contributed by atoms with Gasteiger partial charge in [0.15, 0.2) is 5.82 Å². The van der Waals surface area contributed by atoms with Crippen molar-refractivity contribution in [1.29, 1.82) is 0 Å². The fraction of sp³-hybridized carbons (Fsp3) is 0.222. The number of carbonyl (C=O) groups excluding carboxylic acids is 1. The number of carbonyl (C=O) groups is 1. The average molecular weight is 334 g/mol. The minimum Gasteiger partial charge on any atom is -0.332 e. The van der Waals surface area contributed by atoms with Gasteiger partial charge in [-0.25, -0.2) is 9.97 Å². The van der Waals surface area contributed by atoms with E-state index in [0.29, 0.717) is 25.1 Å². The van der Waals surface area contributed by atoms with Crippen molar-refractivity contribution >= 4 is 17.5 Å². The molecule has 3 heterocycles. The number of hydrogen-bond donors (Lipinski definition) is 2. The van der Waals surface area contributed by atoms with Gasteiger partial charge in [0, 0.05) is 29.4 Å². The summed E-state index contributed by atoms with van der Waals surface area (Å²) in [5.74, 6) is 1.51. The third-order valence-corrected chi connectivity index (χ3v) is 4.27. The summed E-state index contributed by atoms with van der Waals surface area (Å²) in [6.45, 7) is 3.07. The van der Waals surface area contributed by atoms with Gasteiger partial charge in [-0.05, 0) is 25.5 Å². The van der Waals surface area contributed by atoms with Crippen molar-refractivity contribution in [3.8, 4) is 0 Å². The second-order valence-electron chi connectivity index (χ2n) is 6.05. The fourth-order valence-electron chi connectivity index (χ4n) is 3.00. The molecule has 7 nitrogen and oxygen atoms in total. The molecule has 0 saturated carbocycles. The van der Waals surface area contributed by atoms with Gasteiger partial charge in [-0.2, -0.15) is 5.10 Å². The van der Waals surface area contributed by atoms with E-state index in [9.17, 15) is 4.79 Å². The summed E-state index contributed by atoms with van der Waals surface area (Å²) in [6.07, 6.45) is 2.23. The zero-order valence-electron chi connectivity index (χ0n) is 13.9. The molecule has 0 saturated heterocycles. The van der Waals surface area contributed by atoms with Crippen LogP contribution in [0.3, 0.4) is 0 Å². The fourth-order valence-corrected chi connectivity index (χ4v) is 3.00. The van der Waals surface area contributed by atoms with E-state index in [1.807, 2.05) is 48.2 Å². The number of aromatic amines is 1. The monoisotopic (exact) mass is 334 g/mol. The third kappa shape index (κ3) is 3.08. The molecule has 4 rings (SSSR count). The second-order valence-corrected chi connectivity index (χ2v) is 6.05. The van der Waals surface area contributed by atoms with Crippen molar-refractivity contribution in [2.45, 2.75) is 19.9 Å². The molecule has 1 aliphatic rings. The van der Waals surface area contributed by atoms with Crippen molar-refractivity contribution in [1.82, 2.24) is 25.1 Å². The molecule has 2 aromatic heterocycles. The maximum atomic E-state index is 12.6. The van der Waals surface area contributed by atoms with Crippen molar-refractivity contribution in [3.63, 3.8) is 0 Å². The van der Waals surface area contributed by atoms with Gasteiger partial charge in [-0.3, -0.25) is 9.89 Å². The van der Waals surface area contributed by atoms with E-state index in [1.165, 1.54) is 6.33 Å².